The Balaban J connectivity index is 2.08. The molecular formula is C18H12F3N3O3. The smallest absolute Gasteiger partial charge is 0.364 e. The number of carbonyl (C=O) groups excluding carboxylic acids is 1. The number of hydrogen-bond donors (Lipinski definition) is 0. The summed E-state index contributed by atoms with van der Waals surface area (Å²) < 4.78 is 50.8. The molecule has 0 saturated carbocycles. The SMILES string of the molecule is CCOC(=O)c1nnc(-c2cccc(F)c2)nc1Oc1cc(F)ccc1F. The van der Waals surface area contributed by atoms with Crippen molar-refractivity contribution in [1.82, 2.24) is 15.2 Å². The molecule has 0 saturated heterocycles. The Hall–Kier alpha value is -3.49. The lowest BCUT2D eigenvalue weighted by Gasteiger charge is -2.10. The molecule has 6 nitrogen and oxygen atoms in total. The van der Waals surface area contributed by atoms with Gasteiger partial charge in [0.2, 0.25) is 5.69 Å². The van der Waals surface area contributed by atoms with Crippen LogP contribution in [0.5, 0.6) is 11.6 Å². The Labute approximate surface area is 151 Å². The van der Waals surface area contributed by atoms with Gasteiger partial charge in [-0.2, -0.15) is 4.98 Å². The molecule has 138 valence electrons. The zero-order valence-corrected chi connectivity index (χ0v) is 13.9. The highest BCUT2D eigenvalue weighted by molar-refractivity contribution is 5.89. The molecule has 0 fully saturated rings. The summed E-state index contributed by atoms with van der Waals surface area (Å²) >= 11 is 0. The molecule has 0 radical (unpaired) electrons. The number of benzene rings is 2. The van der Waals surface area contributed by atoms with Crippen LogP contribution in [0.2, 0.25) is 0 Å². The van der Waals surface area contributed by atoms with Crippen molar-refractivity contribution in [3.8, 4) is 23.0 Å². The molecule has 1 aromatic heterocycles. The van der Waals surface area contributed by atoms with Gasteiger partial charge in [-0.3, -0.25) is 0 Å². The van der Waals surface area contributed by atoms with Crippen molar-refractivity contribution in [3.63, 3.8) is 0 Å². The molecule has 0 spiro atoms. The third kappa shape index (κ3) is 4.20. The minimum Gasteiger partial charge on any atom is -0.461 e. The van der Waals surface area contributed by atoms with Gasteiger partial charge in [0.15, 0.2) is 17.4 Å². The molecule has 0 aliphatic heterocycles. The fourth-order valence-corrected chi connectivity index (χ4v) is 2.12. The van der Waals surface area contributed by atoms with Crippen molar-refractivity contribution in [2.75, 3.05) is 6.61 Å². The van der Waals surface area contributed by atoms with Crippen LogP contribution in [0.15, 0.2) is 42.5 Å². The Morgan fingerprint density at radius 1 is 1.04 bits per heavy atom. The highest BCUT2D eigenvalue weighted by Gasteiger charge is 2.22. The Morgan fingerprint density at radius 2 is 1.81 bits per heavy atom. The number of hydrogen-bond acceptors (Lipinski definition) is 6. The van der Waals surface area contributed by atoms with E-state index in [4.69, 9.17) is 9.47 Å². The van der Waals surface area contributed by atoms with Crippen LogP contribution in [0.3, 0.4) is 0 Å². The monoisotopic (exact) mass is 375 g/mol. The van der Waals surface area contributed by atoms with Gasteiger partial charge in [0.25, 0.3) is 5.88 Å². The molecule has 0 aliphatic carbocycles. The van der Waals surface area contributed by atoms with Crippen LogP contribution >= 0.6 is 0 Å². The maximum absolute atomic E-state index is 13.9. The first-order chi connectivity index (χ1) is 13.0. The van der Waals surface area contributed by atoms with Crippen molar-refractivity contribution in [2.24, 2.45) is 0 Å². The molecule has 0 aliphatic rings. The molecule has 0 amide bonds. The summed E-state index contributed by atoms with van der Waals surface area (Å²) in [5.74, 6) is -4.11. The highest BCUT2D eigenvalue weighted by Crippen LogP contribution is 2.28. The molecule has 9 heteroatoms. The second kappa shape index (κ2) is 7.81. The van der Waals surface area contributed by atoms with Gasteiger partial charge >= 0.3 is 5.97 Å². The third-order valence-electron chi connectivity index (χ3n) is 3.31. The van der Waals surface area contributed by atoms with Gasteiger partial charge in [0.1, 0.15) is 11.6 Å². The van der Waals surface area contributed by atoms with Gasteiger partial charge in [-0.25, -0.2) is 18.0 Å². The lowest BCUT2D eigenvalue weighted by Crippen LogP contribution is -2.12. The molecule has 2 aromatic carbocycles. The number of esters is 1. The first-order valence-electron chi connectivity index (χ1n) is 7.78. The average molecular weight is 375 g/mol. The topological polar surface area (TPSA) is 74.2 Å². The number of ether oxygens (including phenoxy) is 2. The molecule has 3 aromatic rings. The van der Waals surface area contributed by atoms with Crippen LogP contribution in [0.4, 0.5) is 13.2 Å². The van der Waals surface area contributed by atoms with E-state index in [-0.39, 0.29) is 18.0 Å². The van der Waals surface area contributed by atoms with Crippen LogP contribution < -0.4 is 4.74 Å². The van der Waals surface area contributed by atoms with Crippen molar-refractivity contribution in [1.29, 1.82) is 0 Å². The first-order valence-corrected chi connectivity index (χ1v) is 7.78. The van der Waals surface area contributed by atoms with E-state index in [1.54, 1.807) is 6.92 Å². The standard InChI is InChI=1S/C18H12F3N3O3/c1-2-26-18(25)15-17(27-14-9-12(20)6-7-13(14)21)22-16(24-23-15)10-4-3-5-11(19)8-10/h3-9H,2H2,1H3. The van der Waals surface area contributed by atoms with Crippen LogP contribution in [0.1, 0.15) is 17.4 Å². The van der Waals surface area contributed by atoms with E-state index in [1.807, 2.05) is 0 Å². The van der Waals surface area contributed by atoms with Gasteiger partial charge in [-0.15, -0.1) is 10.2 Å². The van der Waals surface area contributed by atoms with E-state index in [0.29, 0.717) is 0 Å². The van der Waals surface area contributed by atoms with Gasteiger partial charge in [-0.05, 0) is 31.2 Å². The Morgan fingerprint density at radius 3 is 2.56 bits per heavy atom. The molecule has 0 atom stereocenters. The summed E-state index contributed by atoms with van der Waals surface area (Å²) in [4.78, 5) is 16.0. The Kier molecular flexibility index (Phi) is 5.30. The fourth-order valence-electron chi connectivity index (χ4n) is 2.12. The van der Waals surface area contributed by atoms with Gasteiger partial charge < -0.3 is 9.47 Å². The zero-order valence-electron chi connectivity index (χ0n) is 13.9. The highest BCUT2D eigenvalue weighted by atomic mass is 19.1. The average Bonchev–Trinajstić information content (AvgIpc) is 2.65. The minimum atomic E-state index is -0.907. The summed E-state index contributed by atoms with van der Waals surface area (Å²) in [6.07, 6.45) is 0. The lowest BCUT2D eigenvalue weighted by molar-refractivity contribution is 0.0513. The van der Waals surface area contributed by atoms with Gasteiger partial charge in [0, 0.05) is 11.6 Å². The molecular weight excluding hydrogens is 363 g/mol. The van der Waals surface area contributed by atoms with E-state index in [9.17, 15) is 18.0 Å². The first kappa shape index (κ1) is 18.3. The summed E-state index contributed by atoms with van der Waals surface area (Å²) in [6, 6.07) is 7.86. The quantitative estimate of drug-likeness (QED) is 0.629. The second-order valence-electron chi connectivity index (χ2n) is 5.20. The van der Waals surface area contributed by atoms with E-state index < -0.39 is 40.7 Å². The second-order valence-corrected chi connectivity index (χ2v) is 5.20. The van der Waals surface area contributed by atoms with E-state index in [1.165, 1.54) is 18.2 Å². The minimum absolute atomic E-state index is 0.0416. The number of rotatable bonds is 5. The number of carbonyl (C=O) groups is 1. The van der Waals surface area contributed by atoms with Crippen LogP contribution in [-0.4, -0.2) is 27.8 Å². The number of nitrogens with zero attached hydrogens (tertiary/aromatic N) is 3. The molecule has 0 bridgehead atoms. The number of aromatic nitrogens is 3. The van der Waals surface area contributed by atoms with Crippen LogP contribution in [0, 0.1) is 17.5 Å². The fraction of sp³-hybridized carbons (Fsp3) is 0.111. The number of halogens is 3. The molecule has 1 heterocycles. The van der Waals surface area contributed by atoms with Gasteiger partial charge in [0.05, 0.1) is 6.61 Å². The molecule has 0 N–H and O–H groups in total. The lowest BCUT2D eigenvalue weighted by atomic mass is 10.2. The molecule has 3 rings (SSSR count). The van der Waals surface area contributed by atoms with Gasteiger partial charge in [-0.1, -0.05) is 12.1 Å². The third-order valence-corrected chi connectivity index (χ3v) is 3.31. The largest absolute Gasteiger partial charge is 0.461 e. The van der Waals surface area contributed by atoms with E-state index in [2.05, 4.69) is 15.2 Å². The summed E-state index contributed by atoms with van der Waals surface area (Å²) in [7, 11) is 0. The van der Waals surface area contributed by atoms with Crippen molar-refractivity contribution < 1.29 is 27.4 Å². The van der Waals surface area contributed by atoms with E-state index in [0.717, 1.165) is 24.3 Å². The molecule has 0 unspecified atom stereocenters. The maximum Gasteiger partial charge on any atom is 0.364 e. The van der Waals surface area contributed by atoms with E-state index >= 15 is 0 Å². The zero-order chi connectivity index (χ0) is 19.4. The summed E-state index contributed by atoms with van der Waals surface area (Å²) in [6.45, 7) is 1.62. The van der Waals surface area contributed by atoms with Crippen LogP contribution in [0.25, 0.3) is 11.4 Å². The summed E-state index contributed by atoms with van der Waals surface area (Å²) in [5.41, 5.74) is -0.178. The Bertz CT molecular complexity index is 999. The predicted molar refractivity (Wildman–Crippen MR) is 87.6 cm³/mol. The predicted octanol–water partition coefficient (Wildman–Crippen LogP) is 3.92. The normalized spacial score (nSPS) is 10.5. The van der Waals surface area contributed by atoms with Crippen molar-refractivity contribution in [2.45, 2.75) is 6.92 Å². The van der Waals surface area contributed by atoms with Crippen LogP contribution in [-0.2, 0) is 4.74 Å². The maximum atomic E-state index is 13.9. The van der Waals surface area contributed by atoms with Crippen molar-refractivity contribution >= 4 is 5.97 Å². The molecule has 27 heavy (non-hydrogen) atoms. The summed E-state index contributed by atoms with van der Waals surface area (Å²) in [5, 5.41) is 7.46. The van der Waals surface area contributed by atoms with Crippen molar-refractivity contribution in [3.05, 3.63) is 65.6 Å².